The molecule has 0 saturated heterocycles. The van der Waals surface area contributed by atoms with Gasteiger partial charge in [0, 0.05) is 27.2 Å². The summed E-state index contributed by atoms with van der Waals surface area (Å²) in [6.07, 6.45) is 0. The molecule has 0 radical (unpaired) electrons. The minimum Gasteiger partial charge on any atom is -0.399 e. The highest BCUT2D eigenvalue weighted by molar-refractivity contribution is 7.13. The quantitative estimate of drug-likeness (QED) is 0.693. The van der Waals surface area contributed by atoms with E-state index in [2.05, 4.69) is 4.98 Å². The maximum atomic E-state index is 6.00. The monoisotopic (exact) mass is 286 g/mol. The van der Waals surface area contributed by atoms with E-state index in [4.69, 9.17) is 17.3 Å². The fourth-order valence-corrected chi connectivity index (χ4v) is 2.83. The molecular weight excluding hydrogens is 276 g/mol. The van der Waals surface area contributed by atoms with E-state index in [1.54, 1.807) is 11.3 Å². The number of thiazole rings is 1. The summed E-state index contributed by atoms with van der Waals surface area (Å²) < 4.78 is 0. The van der Waals surface area contributed by atoms with Crippen LogP contribution in [0.15, 0.2) is 53.9 Å². The topological polar surface area (TPSA) is 38.9 Å². The fraction of sp³-hybridized carbons (Fsp3) is 0. The van der Waals surface area contributed by atoms with Gasteiger partial charge in [0.15, 0.2) is 0 Å². The minimum atomic E-state index is 0.724. The van der Waals surface area contributed by atoms with Crippen molar-refractivity contribution >= 4 is 28.6 Å². The highest BCUT2D eigenvalue weighted by Gasteiger charge is 2.06. The van der Waals surface area contributed by atoms with E-state index < -0.39 is 0 Å². The number of rotatable bonds is 2. The molecule has 94 valence electrons. The van der Waals surface area contributed by atoms with Gasteiger partial charge in [-0.1, -0.05) is 35.9 Å². The fourth-order valence-electron chi connectivity index (χ4n) is 1.81. The normalized spacial score (nSPS) is 10.6. The molecule has 4 heteroatoms. The number of nitrogens with two attached hydrogens (primary N) is 1. The second-order valence-corrected chi connectivity index (χ2v) is 5.46. The van der Waals surface area contributed by atoms with Crippen LogP contribution in [-0.2, 0) is 0 Å². The van der Waals surface area contributed by atoms with Gasteiger partial charge in [0.2, 0.25) is 0 Å². The van der Waals surface area contributed by atoms with Gasteiger partial charge in [0.25, 0.3) is 0 Å². The van der Waals surface area contributed by atoms with Crippen LogP contribution in [0.1, 0.15) is 0 Å². The summed E-state index contributed by atoms with van der Waals surface area (Å²) in [6.45, 7) is 0. The predicted octanol–water partition coefficient (Wildman–Crippen LogP) is 4.71. The van der Waals surface area contributed by atoms with Crippen molar-refractivity contribution in [3.8, 4) is 21.8 Å². The molecule has 0 aliphatic rings. The molecule has 0 spiro atoms. The molecular formula is C15H11ClN2S. The number of nitrogen functional groups attached to an aromatic ring is 1. The number of halogens is 1. The molecule has 2 N–H and O–H groups in total. The van der Waals surface area contributed by atoms with Crippen LogP contribution >= 0.6 is 22.9 Å². The van der Waals surface area contributed by atoms with Crippen molar-refractivity contribution in [2.24, 2.45) is 0 Å². The third kappa shape index (κ3) is 2.62. The lowest BCUT2D eigenvalue weighted by molar-refractivity contribution is 1.40. The van der Waals surface area contributed by atoms with Gasteiger partial charge in [-0.2, -0.15) is 0 Å². The summed E-state index contributed by atoms with van der Waals surface area (Å²) in [7, 11) is 0. The second kappa shape index (κ2) is 5.03. The molecule has 2 nitrogen and oxygen atoms in total. The van der Waals surface area contributed by atoms with Crippen LogP contribution in [0.5, 0.6) is 0 Å². The summed E-state index contributed by atoms with van der Waals surface area (Å²) in [5, 5.41) is 3.73. The Morgan fingerprint density at radius 3 is 2.53 bits per heavy atom. The maximum Gasteiger partial charge on any atom is 0.124 e. The molecule has 3 rings (SSSR count). The van der Waals surface area contributed by atoms with Gasteiger partial charge in [0.05, 0.1) is 5.69 Å². The van der Waals surface area contributed by atoms with Crippen LogP contribution in [0.2, 0.25) is 5.02 Å². The largest absolute Gasteiger partial charge is 0.399 e. The molecule has 3 aromatic rings. The minimum absolute atomic E-state index is 0.724. The molecule has 0 aliphatic heterocycles. The lowest BCUT2D eigenvalue weighted by Crippen LogP contribution is -1.84. The Labute approximate surface area is 120 Å². The molecule has 19 heavy (non-hydrogen) atoms. The molecule has 0 bridgehead atoms. The van der Waals surface area contributed by atoms with Crippen molar-refractivity contribution in [2.75, 3.05) is 5.73 Å². The highest BCUT2D eigenvalue weighted by Crippen LogP contribution is 2.30. The van der Waals surface area contributed by atoms with Gasteiger partial charge in [-0.05, 0) is 24.3 Å². The van der Waals surface area contributed by atoms with Crippen LogP contribution in [0.3, 0.4) is 0 Å². The van der Waals surface area contributed by atoms with Crippen molar-refractivity contribution < 1.29 is 0 Å². The number of nitrogens with zero attached hydrogens (tertiary/aromatic N) is 1. The third-order valence-electron chi connectivity index (χ3n) is 2.78. The standard InChI is InChI=1S/C15H11ClN2S/c16-12-3-1-2-11(8-12)15-18-14(9-19-15)10-4-6-13(17)7-5-10/h1-9H,17H2. The molecule has 0 atom stereocenters. The average Bonchev–Trinajstić information content (AvgIpc) is 2.89. The lowest BCUT2D eigenvalue weighted by atomic mass is 10.1. The first kappa shape index (κ1) is 12.2. The van der Waals surface area contributed by atoms with E-state index in [1.165, 1.54) is 0 Å². The molecule has 1 heterocycles. The Bertz CT molecular complexity index is 704. The first-order valence-electron chi connectivity index (χ1n) is 5.80. The number of hydrogen-bond acceptors (Lipinski definition) is 3. The molecule has 0 aliphatic carbocycles. The van der Waals surface area contributed by atoms with Crippen LogP contribution in [0.25, 0.3) is 21.8 Å². The highest BCUT2D eigenvalue weighted by atomic mass is 35.5. The predicted molar refractivity (Wildman–Crippen MR) is 82.4 cm³/mol. The van der Waals surface area contributed by atoms with Crippen molar-refractivity contribution in [1.29, 1.82) is 0 Å². The number of hydrogen-bond donors (Lipinski definition) is 1. The molecule has 0 fully saturated rings. The van der Waals surface area contributed by atoms with Gasteiger partial charge >= 0.3 is 0 Å². The van der Waals surface area contributed by atoms with E-state index in [9.17, 15) is 0 Å². The first-order valence-corrected chi connectivity index (χ1v) is 7.05. The Balaban J connectivity index is 1.97. The number of benzene rings is 2. The Hall–Kier alpha value is -1.84. The SMILES string of the molecule is Nc1ccc(-c2csc(-c3cccc(Cl)c3)n2)cc1. The zero-order chi connectivity index (χ0) is 13.2. The van der Waals surface area contributed by atoms with Gasteiger partial charge in [-0.3, -0.25) is 0 Å². The smallest absolute Gasteiger partial charge is 0.124 e. The third-order valence-corrected chi connectivity index (χ3v) is 3.91. The summed E-state index contributed by atoms with van der Waals surface area (Å²) in [6, 6.07) is 15.5. The van der Waals surface area contributed by atoms with Crippen molar-refractivity contribution in [2.45, 2.75) is 0 Å². The van der Waals surface area contributed by atoms with E-state index in [-0.39, 0.29) is 0 Å². The van der Waals surface area contributed by atoms with Gasteiger partial charge < -0.3 is 5.73 Å². The van der Waals surface area contributed by atoms with E-state index in [0.717, 1.165) is 32.5 Å². The number of anilines is 1. The lowest BCUT2D eigenvalue weighted by Gasteiger charge is -1.98. The first-order chi connectivity index (χ1) is 9.22. The van der Waals surface area contributed by atoms with Gasteiger partial charge in [-0.25, -0.2) is 4.98 Å². The zero-order valence-electron chi connectivity index (χ0n) is 10.0. The van der Waals surface area contributed by atoms with Crippen LogP contribution in [0.4, 0.5) is 5.69 Å². The molecule has 1 aromatic heterocycles. The molecule has 0 unspecified atom stereocenters. The Kier molecular flexibility index (Phi) is 3.23. The maximum absolute atomic E-state index is 6.00. The summed E-state index contributed by atoms with van der Waals surface area (Å²) in [4.78, 5) is 4.64. The molecule has 0 amide bonds. The van der Waals surface area contributed by atoms with Crippen LogP contribution < -0.4 is 5.73 Å². The zero-order valence-corrected chi connectivity index (χ0v) is 11.6. The van der Waals surface area contributed by atoms with Crippen molar-refractivity contribution in [3.05, 3.63) is 58.9 Å². The van der Waals surface area contributed by atoms with Gasteiger partial charge in [0.1, 0.15) is 5.01 Å². The van der Waals surface area contributed by atoms with Crippen LogP contribution in [-0.4, -0.2) is 4.98 Å². The average molecular weight is 287 g/mol. The molecule has 2 aromatic carbocycles. The van der Waals surface area contributed by atoms with Crippen molar-refractivity contribution in [3.63, 3.8) is 0 Å². The summed E-state index contributed by atoms with van der Waals surface area (Å²) in [5.74, 6) is 0. The van der Waals surface area contributed by atoms with E-state index in [0.29, 0.717) is 0 Å². The summed E-state index contributed by atoms with van der Waals surface area (Å²) >= 11 is 7.61. The number of aromatic nitrogens is 1. The van der Waals surface area contributed by atoms with Crippen molar-refractivity contribution in [1.82, 2.24) is 4.98 Å². The van der Waals surface area contributed by atoms with E-state index >= 15 is 0 Å². The van der Waals surface area contributed by atoms with Crippen LogP contribution in [0, 0.1) is 0 Å². The summed E-state index contributed by atoms with van der Waals surface area (Å²) in [5.41, 5.74) is 9.51. The van der Waals surface area contributed by atoms with Gasteiger partial charge in [-0.15, -0.1) is 11.3 Å². The second-order valence-electron chi connectivity index (χ2n) is 4.17. The van der Waals surface area contributed by atoms with E-state index in [1.807, 2.05) is 53.9 Å². The Morgan fingerprint density at radius 2 is 1.79 bits per heavy atom. The molecule has 0 saturated carbocycles. The Morgan fingerprint density at radius 1 is 1.00 bits per heavy atom.